The van der Waals surface area contributed by atoms with Crippen LogP contribution >= 0.6 is 0 Å². The molecule has 2 rings (SSSR count). The van der Waals surface area contributed by atoms with Gasteiger partial charge in [-0.15, -0.1) is 0 Å². The minimum Gasteiger partial charge on any atom is -0.426 e. The Bertz CT molecular complexity index is 778. The standard InChI is InChI=1S/C26H37NO3/c1-6-10-26(29)30-25-14-13-21(18-28)17-24(25)23(22-11-8-7-9-12-22)15-16-27(19(2)3)20(4)5/h7-9,11-14,17,19-20,23,28H,6,10,15-16,18H2,1-5H3/t23-/m1/s1. The van der Waals surface area contributed by atoms with Crippen LogP contribution in [0.15, 0.2) is 48.5 Å². The SMILES string of the molecule is CCCC(=O)Oc1ccc(CO)cc1[C@H](CCN(C(C)C)C(C)C)c1ccccc1. The van der Waals surface area contributed by atoms with E-state index in [9.17, 15) is 9.90 Å². The van der Waals surface area contributed by atoms with Gasteiger partial charge in [-0.05, 0) is 70.3 Å². The number of carbonyl (C=O) groups excluding carboxylic acids is 1. The molecule has 1 N–H and O–H groups in total. The van der Waals surface area contributed by atoms with Gasteiger partial charge in [-0.2, -0.15) is 0 Å². The summed E-state index contributed by atoms with van der Waals surface area (Å²) in [6.45, 7) is 11.8. The molecule has 0 aliphatic heterocycles. The molecule has 164 valence electrons. The van der Waals surface area contributed by atoms with Gasteiger partial charge in [0.05, 0.1) is 6.61 Å². The lowest BCUT2D eigenvalue weighted by atomic mass is 9.86. The maximum absolute atomic E-state index is 12.2. The van der Waals surface area contributed by atoms with E-state index in [0.717, 1.165) is 30.5 Å². The molecule has 0 aliphatic rings. The van der Waals surface area contributed by atoms with Crippen LogP contribution in [0.4, 0.5) is 0 Å². The summed E-state index contributed by atoms with van der Waals surface area (Å²) < 4.78 is 5.76. The van der Waals surface area contributed by atoms with Gasteiger partial charge in [0.2, 0.25) is 0 Å². The van der Waals surface area contributed by atoms with Crippen LogP contribution in [0, 0.1) is 0 Å². The summed E-state index contributed by atoms with van der Waals surface area (Å²) in [6.07, 6.45) is 2.04. The monoisotopic (exact) mass is 411 g/mol. The molecule has 1 atom stereocenters. The zero-order chi connectivity index (χ0) is 22.1. The number of esters is 1. The van der Waals surface area contributed by atoms with Crippen LogP contribution in [0.2, 0.25) is 0 Å². The molecular formula is C26H37NO3. The van der Waals surface area contributed by atoms with Gasteiger partial charge in [0.1, 0.15) is 5.75 Å². The second-order valence-electron chi connectivity index (χ2n) is 8.43. The normalized spacial score (nSPS) is 12.6. The van der Waals surface area contributed by atoms with Crippen molar-refractivity contribution in [2.45, 2.75) is 78.5 Å². The first kappa shape index (κ1) is 24.1. The van der Waals surface area contributed by atoms with E-state index in [-0.39, 0.29) is 18.5 Å². The largest absolute Gasteiger partial charge is 0.426 e. The predicted octanol–water partition coefficient (Wildman–Crippen LogP) is 5.53. The molecule has 0 radical (unpaired) electrons. The molecule has 30 heavy (non-hydrogen) atoms. The summed E-state index contributed by atoms with van der Waals surface area (Å²) in [7, 11) is 0. The van der Waals surface area contributed by atoms with Gasteiger partial charge < -0.3 is 9.84 Å². The Labute approximate surface area is 181 Å². The van der Waals surface area contributed by atoms with E-state index in [4.69, 9.17) is 4.74 Å². The van der Waals surface area contributed by atoms with Gasteiger partial charge in [0.15, 0.2) is 0 Å². The Morgan fingerprint density at radius 1 is 1.03 bits per heavy atom. The number of ether oxygens (including phenoxy) is 1. The average Bonchev–Trinajstić information content (AvgIpc) is 2.72. The third-order valence-corrected chi connectivity index (χ3v) is 5.51. The molecule has 4 heteroatoms. The minimum atomic E-state index is -0.215. The molecule has 0 aromatic heterocycles. The van der Waals surface area contributed by atoms with Crippen LogP contribution in [-0.2, 0) is 11.4 Å². The Kier molecular flexibility index (Phi) is 9.54. The molecule has 0 amide bonds. The highest BCUT2D eigenvalue weighted by Gasteiger charge is 2.23. The van der Waals surface area contributed by atoms with Gasteiger partial charge in [-0.3, -0.25) is 9.69 Å². The second-order valence-corrected chi connectivity index (χ2v) is 8.43. The van der Waals surface area contributed by atoms with Crippen LogP contribution in [0.3, 0.4) is 0 Å². The van der Waals surface area contributed by atoms with Crippen molar-refractivity contribution in [3.8, 4) is 5.75 Å². The average molecular weight is 412 g/mol. The van der Waals surface area contributed by atoms with Crippen LogP contribution in [-0.4, -0.2) is 34.6 Å². The molecule has 0 aliphatic carbocycles. The second kappa shape index (κ2) is 11.9. The fraction of sp³-hybridized carbons (Fsp3) is 0.500. The van der Waals surface area contributed by atoms with E-state index in [0.29, 0.717) is 24.3 Å². The minimum absolute atomic E-state index is 0.0399. The summed E-state index contributed by atoms with van der Waals surface area (Å²) in [5.41, 5.74) is 2.98. The van der Waals surface area contributed by atoms with Gasteiger partial charge in [-0.25, -0.2) is 0 Å². The third-order valence-electron chi connectivity index (χ3n) is 5.51. The lowest BCUT2D eigenvalue weighted by Crippen LogP contribution is -2.38. The van der Waals surface area contributed by atoms with Crippen molar-refractivity contribution in [3.63, 3.8) is 0 Å². The van der Waals surface area contributed by atoms with E-state index >= 15 is 0 Å². The molecule has 0 spiro atoms. The number of aliphatic hydroxyl groups excluding tert-OH is 1. The fourth-order valence-electron chi connectivity index (χ4n) is 4.02. The zero-order valence-electron chi connectivity index (χ0n) is 19.1. The highest BCUT2D eigenvalue weighted by atomic mass is 16.5. The Hall–Kier alpha value is -2.17. The van der Waals surface area contributed by atoms with E-state index < -0.39 is 0 Å². The van der Waals surface area contributed by atoms with Gasteiger partial charge in [0, 0.05) is 30.0 Å². The number of hydrogen-bond acceptors (Lipinski definition) is 4. The first-order valence-corrected chi connectivity index (χ1v) is 11.1. The number of carbonyl (C=O) groups is 1. The van der Waals surface area contributed by atoms with Crippen molar-refractivity contribution in [2.75, 3.05) is 6.54 Å². The van der Waals surface area contributed by atoms with Crippen molar-refractivity contribution < 1.29 is 14.6 Å². The van der Waals surface area contributed by atoms with Crippen molar-refractivity contribution in [1.29, 1.82) is 0 Å². The summed E-state index contributed by atoms with van der Waals surface area (Å²) in [4.78, 5) is 14.7. The number of nitrogens with zero attached hydrogens (tertiary/aromatic N) is 1. The number of hydrogen-bond donors (Lipinski definition) is 1. The first-order valence-electron chi connectivity index (χ1n) is 11.1. The number of benzene rings is 2. The fourth-order valence-corrected chi connectivity index (χ4v) is 4.02. The molecule has 2 aromatic carbocycles. The topological polar surface area (TPSA) is 49.8 Å². The molecule has 0 saturated carbocycles. The van der Waals surface area contributed by atoms with Gasteiger partial charge in [0.25, 0.3) is 0 Å². The van der Waals surface area contributed by atoms with Crippen molar-refractivity contribution in [3.05, 3.63) is 65.2 Å². The van der Waals surface area contributed by atoms with Crippen molar-refractivity contribution in [1.82, 2.24) is 4.90 Å². The lowest BCUT2D eigenvalue weighted by Gasteiger charge is -2.32. The maximum Gasteiger partial charge on any atom is 0.311 e. The quantitative estimate of drug-likeness (QED) is 0.390. The summed E-state index contributed by atoms with van der Waals surface area (Å²) in [5.74, 6) is 0.454. The smallest absolute Gasteiger partial charge is 0.311 e. The van der Waals surface area contributed by atoms with Crippen molar-refractivity contribution >= 4 is 5.97 Å². The van der Waals surface area contributed by atoms with Crippen molar-refractivity contribution in [2.24, 2.45) is 0 Å². The Morgan fingerprint density at radius 3 is 2.27 bits per heavy atom. The van der Waals surface area contributed by atoms with E-state index in [1.165, 1.54) is 5.56 Å². The van der Waals surface area contributed by atoms with Gasteiger partial charge in [-0.1, -0.05) is 43.3 Å². The van der Waals surface area contributed by atoms with E-state index in [2.05, 4.69) is 44.7 Å². The number of rotatable bonds is 11. The molecule has 4 nitrogen and oxygen atoms in total. The van der Waals surface area contributed by atoms with Crippen LogP contribution in [0.1, 0.15) is 76.5 Å². The predicted molar refractivity (Wildman–Crippen MR) is 123 cm³/mol. The Balaban J connectivity index is 2.45. The van der Waals surface area contributed by atoms with E-state index in [1.807, 2.05) is 43.3 Å². The molecule has 2 aromatic rings. The number of aliphatic hydroxyl groups is 1. The van der Waals surface area contributed by atoms with Crippen LogP contribution in [0.5, 0.6) is 5.75 Å². The highest BCUT2D eigenvalue weighted by Crippen LogP contribution is 2.36. The molecular weight excluding hydrogens is 374 g/mol. The maximum atomic E-state index is 12.2. The lowest BCUT2D eigenvalue weighted by molar-refractivity contribution is -0.134. The molecule has 0 heterocycles. The van der Waals surface area contributed by atoms with Gasteiger partial charge >= 0.3 is 5.97 Å². The first-order chi connectivity index (χ1) is 14.4. The molecule has 0 saturated heterocycles. The zero-order valence-corrected chi connectivity index (χ0v) is 19.1. The summed E-state index contributed by atoms with van der Waals surface area (Å²) in [5, 5.41) is 9.72. The van der Waals surface area contributed by atoms with Crippen LogP contribution in [0.25, 0.3) is 0 Å². The third kappa shape index (κ3) is 6.68. The summed E-state index contributed by atoms with van der Waals surface area (Å²) >= 11 is 0. The molecule has 0 unspecified atom stereocenters. The Morgan fingerprint density at radius 2 is 1.70 bits per heavy atom. The van der Waals surface area contributed by atoms with E-state index in [1.54, 1.807) is 0 Å². The molecule has 0 fully saturated rings. The van der Waals surface area contributed by atoms with Crippen LogP contribution < -0.4 is 4.74 Å². The highest BCUT2D eigenvalue weighted by molar-refractivity contribution is 5.73. The summed E-state index contributed by atoms with van der Waals surface area (Å²) in [6, 6.07) is 16.9. The molecule has 0 bridgehead atoms.